The highest BCUT2D eigenvalue weighted by atomic mass is 35.5. The van der Waals surface area contributed by atoms with Gasteiger partial charge in [-0.15, -0.1) is 32.9 Å². The molecule has 0 saturated carbocycles. The fourth-order valence-electron chi connectivity index (χ4n) is 9.76. The molecule has 0 bridgehead atoms. The molecule has 0 unspecified atom stereocenters. The second-order valence-corrected chi connectivity index (χ2v) is 23.6. The highest BCUT2D eigenvalue weighted by molar-refractivity contribution is 7.15. The summed E-state index contributed by atoms with van der Waals surface area (Å²) in [5.41, 5.74) is 8.92. The molecule has 5 heterocycles. The van der Waals surface area contributed by atoms with Crippen molar-refractivity contribution in [1.29, 1.82) is 0 Å². The van der Waals surface area contributed by atoms with Crippen molar-refractivity contribution in [2.45, 2.75) is 124 Å². The maximum atomic E-state index is 14.1. The molecule has 3 amide bonds. The van der Waals surface area contributed by atoms with Crippen molar-refractivity contribution in [3.63, 3.8) is 0 Å². The maximum absolute atomic E-state index is 14.1. The summed E-state index contributed by atoms with van der Waals surface area (Å²) >= 11 is 9.52. The van der Waals surface area contributed by atoms with Crippen molar-refractivity contribution in [3.05, 3.63) is 133 Å². The Morgan fingerprint density at radius 2 is 1.53 bits per heavy atom. The van der Waals surface area contributed by atoms with Gasteiger partial charge in [0.25, 0.3) is 0 Å². The van der Waals surface area contributed by atoms with Gasteiger partial charge in [0.05, 0.1) is 66.2 Å². The normalized spacial score (nSPS) is 17.4. The number of hydrogen-bond donors (Lipinski definition) is 3. The number of amides is 3. The molecule has 19 heteroatoms. The molecule has 1 saturated heterocycles. The van der Waals surface area contributed by atoms with Gasteiger partial charge in [-0.3, -0.25) is 28.7 Å². The van der Waals surface area contributed by atoms with Crippen LogP contribution in [0.25, 0.3) is 15.4 Å². The van der Waals surface area contributed by atoms with E-state index in [9.17, 15) is 24.3 Å². The predicted octanol–water partition coefficient (Wildman–Crippen LogP) is 9.56. The Kier molecular flexibility index (Phi) is 18.6. The second-order valence-electron chi connectivity index (χ2n) is 21.1. The number of carbonyl (C=O) groups is 4. The monoisotopic (exact) mass is 1100 g/mol. The van der Waals surface area contributed by atoms with E-state index >= 15 is 0 Å². The molecule has 16 nitrogen and oxygen atoms in total. The van der Waals surface area contributed by atoms with Crippen LogP contribution in [0.5, 0.6) is 5.75 Å². The summed E-state index contributed by atoms with van der Waals surface area (Å²) in [6.45, 7) is 18.5. The molecule has 77 heavy (non-hydrogen) atoms. The number of thiophene rings is 1. The van der Waals surface area contributed by atoms with Gasteiger partial charge in [-0.25, -0.2) is 4.98 Å². The predicted molar refractivity (Wildman–Crippen MR) is 300 cm³/mol. The number of fused-ring (bicyclic) bond motifs is 3. The number of carbonyl (C=O) groups excluding carboxylic acids is 4. The number of rotatable bonds is 22. The number of hydrogen-bond acceptors (Lipinski definition) is 14. The summed E-state index contributed by atoms with van der Waals surface area (Å²) in [7, 11) is 0. The number of aryl methyl sites for hydroxylation is 3. The van der Waals surface area contributed by atoms with E-state index in [2.05, 4.69) is 39.7 Å². The third kappa shape index (κ3) is 13.8. The van der Waals surface area contributed by atoms with E-state index in [0.717, 1.165) is 60.5 Å². The Morgan fingerprint density at radius 1 is 0.844 bits per heavy atom. The largest absolute Gasteiger partial charge is 0.494 e. The van der Waals surface area contributed by atoms with Crippen molar-refractivity contribution >= 4 is 63.5 Å². The molecular weight excluding hydrogens is 1040 g/mol. The summed E-state index contributed by atoms with van der Waals surface area (Å²) < 4.78 is 19.3. The number of likely N-dealkylation sites (tertiary alicyclic amines) is 1. The van der Waals surface area contributed by atoms with E-state index in [1.54, 1.807) is 22.7 Å². The number of nitrogens with zero attached hydrogens (tertiary/aromatic N) is 6. The highest BCUT2D eigenvalue weighted by Crippen LogP contribution is 2.40. The van der Waals surface area contributed by atoms with Gasteiger partial charge < -0.3 is 34.9 Å². The van der Waals surface area contributed by atoms with Gasteiger partial charge in [0.2, 0.25) is 17.7 Å². The Bertz CT molecular complexity index is 3070. The number of aliphatic hydroxyl groups excluding tert-OH is 1. The van der Waals surface area contributed by atoms with Gasteiger partial charge in [-0.2, -0.15) is 0 Å². The zero-order chi connectivity index (χ0) is 55.1. The van der Waals surface area contributed by atoms with Crippen LogP contribution in [-0.2, 0) is 28.7 Å². The van der Waals surface area contributed by atoms with Gasteiger partial charge in [-0.05, 0) is 92.5 Å². The van der Waals surface area contributed by atoms with Crippen LogP contribution in [0.2, 0.25) is 5.02 Å². The van der Waals surface area contributed by atoms with Crippen molar-refractivity contribution in [3.8, 4) is 21.2 Å². The second kappa shape index (κ2) is 25.1. The van der Waals surface area contributed by atoms with Crippen LogP contribution in [0.15, 0.2) is 83.3 Å². The van der Waals surface area contributed by atoms with Crippen molar-refractivity contribution in [1.82, 2.24) is 35.3 Å². The van der Waals surface area contributed by atoms with Gasteiger partial charge in [0, 0.05) is 53.4 Å². The molecule has 3 aromatic carbocycles. The molecule has 0 aliphatic carbocycles. The number of aromatic nitrogens is 4. The zero-order valence-electron chi connectivity index (χ0n) is 45.2. The molecule has 3 aromatic heterocycles. The molecule has 2 aliphatic heterocycles. The fraction of sp³-hybridized carbons (Fsp3) is 0.448. The molecule has 3 N–H and O–H groups in total. The molecule has 2 aliphatic rings. The van der Waals surface area contributed by atoms with E-state index < -0.39 is 41.5 Å². The third-order valence-electron chi connectivity index (χ3n) is 14.1. The molecule has 6 atom stereocenters. The van der Waals surface area contributed by atoms with Crippen LogP contribution in [-0.4, -0.2) is 117 Å². The van der Waals surface area contributed by atoms with Crippen molar-refractivity contribution < 1.29 is 38.5 Å². The number of aliphatic imine (C=N–C) groups is 1. The van der Waals surface area contributed by atoms with Crippen molar-refractivity contribution in [2.24, 2.45) is 10.4 Å². The number of nitrogens with one attached hydrogen (secondary N) is 2. The van der Waals surface area contributed by atoms with Crippen molar-refractivity contribution in [2.75, 3.05) is 39.6 Å². The Morgan fingerprint density at radius 3 is 2.22 bits per heavy atom. The van der Waals surface area contributed by atoms with Crippen LogP contribution < -0.4 is 15.4 Å². The van der Waals surface area contributed by atoms with Gasteiger partial charge >= 0.3 is 0 Å². The molecule has 1 fully saturated rings. The first-order valence-electron chi connectivity index (χ1n) is 26.1. The summed E-state index contributed by atoms with van der Waals surface area (Å²) in [5.74, 6) is 0.736. The average Bonchev–Trinajstić information content (AvgIpc) is 4.21. The standard InChI is InChI=1S/C58H69ClN8O8S2/c1-33(39-11-13-42(14-12-39)53-36(4)60-32-76-53)27-48(69)47-28-44(68)30-66(47)56(72)54(58(7,8)9)63-50(71)31-74-26-25-73-23-10-24-75-45-21-17-40(18-22-45)35(3)61-49(70)29-46-55-65-64-38(6)67(55)57-51(34(2)37(5)77-57)52(62-46)41-15-19-43(59)20-16-41/h11-22,32-33,35,44,46-47,54,68H,10,23-31H2,1-9H3,(H,61,70)(H,63,71)/t33-,35-,44-,46+,47+,54-/m1/s1. The average molecular weight is 1110 g/mol. The zero-order valence-corrected chi connectivity index (χ0v) is 47.6. The van der Waals surface area contributed by atoms with E-state index in [1.165, 1.54) is 9.78 Å². The fourth-order valence-corrected chi connectivity index (χ4v) is 11.9. The molecule has 6 aromatic rings. The van der Waals surface area contributed by atoms with E-state index in [-0.39, 0.29) is 69.3 Å². The minimum absolute atomic E-state index is 0.0115. The first-order valence-corrected chi connectivity index (χ1v) is 28.2. The lowest BCUT2D eigenvalue weighted by molar-refractivity contribution is -0.144. The molecule has 0 spiro atoms. The van der Waals surface area contributed by atoms with Crippen LogP contribution in [0.4, 0.5) is 0 Å². The van der Waals surface area contributed by atoms with Gasteiger partial charge in [0.1, 0.15) is 35.3 Å². The lowest BCUT2D eigenvalue weighted by Crippen LogP contribution is -2.57. The summed E-state index contributed by atoms with van der Waals surface area (Å²) in [5, 5.41) is 27.2. The maximum Gasteiger partial charge on any atom is 0.246 e. The first-order chi connectivity index (χ1) is 36.8. The van der Waals surface area contributed by atoms with Gasteiger partial charge in [-0.1, -0.05) is 87.8 Å². The molecule has 8 rings (SSSR count). The molecule has 408 valence electrons. The van der Waals surface area contributed by atoms with Crippen LogP contribution in [0.3, 0.4) is 0 Å². The van der Waals surface area contributed by atoms with E-state index in [0.29, 0.717) is 36.2 Å². The minimum atomic E-state index is -0.954. The Hall–Kier alpha value is -6.15. The van der Waals surface area contributed by atoms with Crippen LogP contribution in [0, 0.1) is 33.1 Å². The Labute approximate surface area is 463 Å². The number of aliphatic hydroxyl groups is 1. The topological polar surface area (TPSA) is 199 Å². The number of thiazole rings is 1. The summed E-state index contributed by atoms with van der Waals surface area (Å²) in [4.78, 5) is 68.1. The number of β-amino-alcohol motifs (C(OH)–C–C–N with tert-alkyl or cyclic N) is 1. The lowest BCUT2D eigenvalue weighted by Gasteiger charge is -2.35. The van der Waals surface area contributed by atoms with Crippen LogP contribution in [0.1, 0.15) is 128 Å². The lowest BCUT2D eigenvalue weighted by atomic mass is 9.85. The number of benzene rings is 3. The smallest absolute Gasteiger partial charge is 0.246 e. The Balaban J connectivity index is 0.739. The summed E-state index contributed by atoms with van der Waals surface area (Å²) in [6, 6.07) is 20.7. The minimum Gasteiger partial charge on any atom is -0.494 e. The highest BCUT2D eigenvalue weighted by Gasteiger charge is 2.44. The number of ketones is 1. The molecule has 0 radical (unpaired) electrons. The number of halogens is 1. The number of ether oxygens (including phenoxy) is 3. The van der Waals surface area contributed by atoms with Crippen LogP contribution >= 0.6 is 34.3 Å². The van der Waals surface area contributed by atoms with Gasteiger partial charge in [0.15, 0.2) is 11.6 Å². The van der Waals surface area contributed by atoms with E-state index in [1.807, 2.05) is 131 Å². The SMILES string of the molecule is Cc1ncsc1-c1ccc([C@H](C)CC(=O)[C@@H]2C[C@@H](O)CN2C(=O)[C@@H](NC(=O)COCCOCCCOc2ccc([C@@H](C)NC(=O)C[C@@H]3N=C(c4ccc(Cl)cc4)c4c(sc(C)c4C)-n4c(C)nnc43)cc2)C(C)(C)C)cc1. The third-order valence-corrected chi connectivity index (χ3v) is 16.6. The van der Waals surface area contributed by atoms with E-state index in [4.69, 9.17) is 30.8 Å². The quantitative estimate of drug-likeness (QED) is 0.0547. The first kappa shape index (κ1) is 57.0. The summed E-state index contributed by atoms with van der Waals surface area (Å²) in [6.07, 6.45) is 0.182. The molecular formula is C58H69ClN8O8S2. The number of Topliss-reactive ketones (excluding diaryl/α,β-unsaturated/α-hetero) is 1.